The fourth-order valence-electron chi connectivity index (χ4n) is 2.20. The fourth-order valence-corrected chi connectivity index (χ4v) is 4.26. The summed E-state index contributed by atoms with van der Waals surface area (Å²) in [6.07, 6.45) is 0.732. The lowest BCUT2D eigenvalue weighted by molar-refractivity contribution is -0.140. The van der Waals surface area contributed by atoms with Gasteiger partial charge in [-0.15, -0.1) is 0 Å². The van der Waals surface area contributed by atoms with Gasteiger partial charge in [0.05, 0.1) is 5.56 Å². The van der Waals surface area contributed by atoms with Gasteiger partial charge in [0.2, 0.25) is 10.0 Å². The minimum Gasteiger partial charge on any atom is -0.480 e. The van der Waals surface area contributed by atoms with Gasteiger partial charge in [-0.3, -0.25) is 4.79 Å². The van der Waals surface area contributed by atoms with Crippen molar-refractivity contribution in [1.29, 1.82) is 5.26 Å². The lowest BCUT2D eigenvalue weighted by Gasteiger charge is -2.21. The Morgan fingerprint density at radius 3 is 2.80 bits per heavy atom. The highest BCUT2D eigenvalue weighted by molar-refractivity contribution is 7.89. The van der Waals surface area contributed by atoms with Crippen molar-refractivity contribution in [3.8, 4) is 6.07 Å². The Morgan fingerprint density at radius 1 is 1.50 bits per heavy atom. The summed E-state index contributed by atoms with van der Waals surface area (Å²) in [7, 11) is -4.05. The van der Waals surface area contributed by atoms with Crippen LogP contribution in [-0.4, -0.2) is 36.4 Å². The van der Waals surface area contributed by atoms with Crippen molar-refractivity contribution >= 4 is 27.6 Å². The second-order valence-corrected chi connectivity index (χ2v) is 6.66. The number of aliphatic carboxylic acids is 1. The maximum absolute atomic E-state index is 12.5. The molecule has 0 amide bonds. The van der Waals surface area contributed by atoms with Crippen molar-refractivity contribution in [2.75, 3.05) is 6.54 Å². The van der Waals surface area contributed by atoms with Gasteiger partial charge in [0.25, 0.3) is 0 Å². The molecule has 0 unspecified atom stereocenters. The topological polar surface area (TPSA) is 98.5 Å². The van der Waals surface area contributed by atoms with E-state index in [4.69, 9.17) is 22.0 Å². The monoisotopic (exact) mass is 314 g/mol. The van der Waals surface area contributed by atoms with Crippen LogP contribution < -0.4 is 0 Å². The van der Waals surface area contributed by atoms with Crippen LogP contribution in [-0.2, 0) is 14.8 Å². The zero-order valence-electron chi connectivity index (χ0n) is 10.3. The first kappa shape index (κ1) is 14.8. The van der Waals surface area contributed by atoms with Gasteiger partial charge in [-0.2, -0.15) is 9.57 Å². The molecule has 1 atom stereocenters. The number of hydrogen-bond acceptors (Lipinski definition) is 4. The van der Waals surface area contributed by atoms with Gasteiger partial charge in [0, 0.05) is 11.6 Å². The quantitative estimate of drug-likeness (QED) is 0.910. The average Bonchev–Trinajstić information content (AvgIpc) is 2.88. The molecule has 0 radical (unpaired) electrons. The Bertz CT molecular complexity index is 696. The number of rotatable bonds is 3. The largest absolute Gasteiger partial charge is 0.480 e. The van der Waals surface area contributed by atoms with Crippen LogP contribution in [0, 0.1) is 11.3 Å². The van der Waals surface area contributed by atoms with Crippen LogP contribution in [0.5, 0.6) is 0 Å². The number of hydrogen-bond donors (Lipinski definition) is 1. The first-order valence-corrected chi connectivity index (χ1v) is 7.64. The summed E-state index contributed by atoms with van der Waals surface area (Å²) < 4.78 is 26.0. The van der Waals surface area contributed by atoms with Crippen LogP contribution in [0.4, 0.5) is 0 Å². The van der Waals surface area contributed by atoms with Crippen LogP contribution in [0.2, 0.25) is 5.02 Å². The van der Waals surface area contributed by atoms with E-state index in [2.05, 4.69) is 0 Å². The summed E-state index contributed by atoms with van der Waals surface area (Å²) in [4.78, 5) is 10.9. The molecule has 106 valence electrons. The second kappa shape index (κ2) is 5.40. The number of nitriles is 1. The van der Waals surface area contributed by atoms with Crippen molar-refractivity contribution in [1.82, 2.24) is 4.31 Å². The molecule has 2 rings (SSSR count). The minimum absolute atomic E-state index is 0.0505. The van der Waals surface area contributed by atoms with Crippen LogP contribution in [0.1, 0.15) is 18.4 Å². The first-order valence-electron chi connectivity index (χ1n) is 5.82. The molecule has 20 heavy (non-hydrogen) atoms. The molecule has 1 aliphatic rings. The maximum atomic E-state index is 12.5. The molecule has 1 fully saturated rings. The number of benzene rings is 1. The van der Waals surface area contributed by atoms with Gasteiger partial charge >= 0.3 is 5.97 Å². The number of carbonyl (C=O) groups is 1. The lowest BCUT2D eigenvalue weighted by Crippen LogP contribution is -2.40. The second-order valence-electron chi connectivity index (χ2n) is 4.36. The predicted molar refractivity (Wildman–Crippen MR) is 70.7 cm³/mol. The Morgan fingerprint density at radius 2 is 2.20 bits per heavy atom. The van der Waals surface area contributed by atoms with Crippen molar-refractivity contribution < 1.29 is 18.3 Å². The SMILES string of the molecule is N#Cc1ccc(Cl)cc1S(=O)(=O)N1CCC[C@@H]1C(=O)O. The van der Waals surface area contributed by atoms with Gasteiger partial charge in [-0.25, -0.2) is 8.42 Å². The molecule has 1 N–H and O–H groups in total. The van der Waals surface area contributed by atoms with E-state index < -0.39 is 22.0 Å². The summed E-state index contributed by atoms with van der Waals surface area (Å²) >= 11 is 5.78. The third kappa shape index (κ3) is 2.50. The molecular weight excluding hydrogens is 304 g/mol. The molecule has 8 heteroatoms. The van der Waals surface area contributed by atoms with Gasteiger partial charge in [-0.1, -0.05) is 11.6 Å². The van der Waals surface area contributed by atoms with Crippen molar-refractivity contribution in [3.05, 3.63) is 28.8 Å². The van der Waals surface area contributed by atoms with Gasteiger partial charge < -0.3 is 5.11 Å². The van der Waals surface area contributed by atoms with Crippen molar-refractivity contribution in [2.45, 2.75) is 23.8 Å². The minimum atomic E-state index is -4.05. The third-order valence-corrected chi connectivity index (χ3v) is 5.32. The van der Waals surface area contributed by atoms with Gasteiger partial charge in [0.15, 0.2) is 0 Å². The molecule has 1 saturated heterocycles. The predicted octanol–water partition coefficient (Wildman–Crippen LogP) is 1.45. The summed E-state index contributed by atoms with van der Waals surface area (Å²) in [5, 5.41) is 18.3. The van der Waals surface area contributed by atoms with E-state index in [0.717, 1.165) is 4.31 Å². The van der Waals surface area contributed by atoms with E-state index in [1.54, 1.807) is 6.07 Å². The molecule has 1 aromatic carbocycles. The van der Waals surface area contributed by atoms with E-state index in [-0.39, 0.29) is 28.4 Å². The summed E-state index contributed by atoms with van der Waals surface area (Å²) in [5.41, 5.74) is -0.0505. The van der Waals surface area contributed by atoms with Crippen molar-refractivity contribution in [3.63, 3.8) is 0 Å². The van der Waals surface area contributed by atoms with Crippen LogP contribution >= 0.6 is 11.6 Å². The van der Waals surface area contributed by atoms with E-state index in [1.165, 1.54) is 18.2 Å². The molecule has 1 aliphatic heterocycles. The van der Waals surface area contributed by atoms with Crippen LogP contribution in [0.15, 0.2) is 23.1 Å². The summed E-state index contributed by atoms with van der Waals surface area (Å²) in [6.45, 7) is 0.122. The number of carboxylic acids is 1. The molecule has 0 bridgehead atoms. The molecule has 6 nitrogen and oxygen atoms in total. The highest BCUT2D eigenvalue weighted by Gasteiger charge is 2.40. The van der Waals surface area contributed by atoms with E-state index in [9.17, 15) is 13.2 Å². The molecule has 0 aliphatic carbocycles. The standard InChI is InChI=1S/C12H11ClN2O4S/c13-9-4-3-8(7-14)11(6-9)20(18,19)15-5-1-2-10(15)12(16)17/h3-4,6,10H,1-2,5H2,(H,16,17)/t10-/m1/s1. The zero-order chi connectivity index (χ0) is 14.9. The Balaban J connectivity index is 2.54. The van der Waals surface area contributed by atoms with E-state index >= 15 is 0 Å². The number of sulfonamides is 1. The normalized spacial score (nSPS) is 19.7. The zero-order valence-corrected chi connectivity index (χ0v) is 11.9. The van der Waals surface area contributed by atoms with E-state index in [0.29, 0.717) is 6.42 Å². The molecule has 0 spiro atoms. The van der Waals surface area contributed by atoms with Crippen LogP contribution in [0.25, 0.3) is 0 Å². The number of nitrogens with zero attached hydrogens (tertiary/aromatic N) is 2. The lowest BCUT2D eigenvalue weighted by atomic mass is 10.2. The Labute approximate surface area is 121 Å². The molecule has 0 saturated carbocycles. The highest BCUT2D eigenvalue weighted by atomic mass is 35.5. The van der Waals surface area contributed by atoms with E-state index in [1.807, 2.05) is 0 Å². The molecule has 1 aromatic rings. The Hall–Kier alpha value is -1.62. The smallest absolute Gasteiger partial charge is 0.322 e. The maximum Gasteiger partial charge on any atom is 0.322 e. The average molecular weight is 315 g/mol. The number of halogens is 1. The summed E-state index contributed by atoms with van der Waals surface area (Å²) in [5.74, 6) is -1.19. The Kier molecular flexibility index (Phi) is 3.99. The fraction of sp³-hybridized carbons (Fsp3) is 0.333. The summed E-state index contributed by atoms with van der Waals surface area (Å²) in [6, 6.07) is 4.59. The highest BCUT2D eigenvalue weighted by Crippen LogP contribution is 2.29. The van der Waals surface area contributed by atoms with Gasteiger partial charge in [0.1, 0.15) is 17.0 Å². The third-order valence-electron chi connectivity index (χ3n) is 3.14. The number of carboxylic acid groups (broad SMARTS) is 1. The molecule has 0 aromatic heterocycles. The molecule has 1 heterocycles. The van der Waals surface area contributed by atoms with Crippen molar-refractivity contribution in [2.24, 2.45) is 0 Å². The van der Waals surface area contributed by atoms with Crippen LogP contribution in [0.3, 0.4) is 0 Å². The van der Waals surface area contributed by atoms with Gasteiger partial charge in [-0.05, 0) is 31.0 Å². The first-order chi connectivity index (χ1) is 9.37. The molecular formula is C12H11ClN2O4S.